The second kappa shape index (κ2) is 9.30. The molecule has 0 unspecified atom stereocenters. The monoisotopic (exact) mass is 441 g/mol. The Morgan fingerprint density at radius 3 is 2.74 bits per heavy atom. The minimum absolute atomic E-state index is 0.0443. The first kappa shape index (κ1) is 21.0. The SMILES string of the molecule is CCc1nc(Nc2ncc(C(=O)Nc3c(C)cccc3Cl)o2)nc(N2CCCCC2)n1. The molecule has 1 fully saturated rings. The molecule has 10 heteroatoms. The van der Waals surface area contributed by atoms with Crippen LogP contribution in [0.5, 0.6) is 0 Å². The predicted octanol–water partition coefficient (Wildman–Crippen LogP) is 4.37. The summed E-state index contributed by atoms with van der Waals surface area (Å²) in [6, 6.07) is 5.52. The van der Waals surface area contributed by atoms with Gasteiger partial charge in [-0.1, -0.05) is 30.7 Å². The molecule has 1 amide bonds. The van der Waals surface area contributed by atoms with Gasteiger partial charge in [-0.3, -0.25) is 10.1 Å². The Morgan fingerprint density at radius 2 is 2.00 bits per heavy atom. The zero-order valence-electron chi connectivity index (χ0n) is 17.5. The lowest BCUT2D eigenvalue weighted by Crippen LogP contribution is -2.31. The molecule has 4 rings (SSSR count). The fraction of sp³-hybridized carbons (Fsp3) is 0.381. The standard InChI is InChI=1S/C21H24ClN7O2/c1-3-16-24-19(27-20(25-16)29-10-5-4-6-11-29)28-21-23-12-15(31-21)18(30)26-17-13(2)8-7-9-14(17)22/h7-9,12H,3-6,10-11H2,1-2H3,(H,26,30)(H,23,24,25,27,28). The van der Waals surface area contributed by atoms with Crippen LogP contribution in [0.4, 0.5) is 23.6 Å². The first-order chi connectivity index (χ1) is 15.0. The van der Waals surface area contributed by atoms with Crippen LogP contribution in [0.15, 0.2) is 28.8 Å². The smallest absolute Gasteiger partial charge is 0.302 e. The second-order valence-electron chi connectivity index (χ2n) is 7.32. The Kier molecular flexibility index (Phi) is 6.31. The van der Waals surface area contributed by atoms with Crippen LogP contribution in [-0.4, -0.2) is 38.9 Å². The van der Waals surface area contributed by atoms with Gasteiger partial charge in [-0.2, -0.15) is 15.0 Å². The normalized spacial score (nSPS) is 13.8. The molecule has 2 aromatic heterocycles. The molecule has 0 radical (unpaired) electrons. The Labute approximate surface area is 185 Å². The molecule has 3 aromatic rings. The summed E-state index contributed by atoms with van der Waals surface area (Å²) in [7, 11) is 0. The van der Waals surface area contributed by atoms with Crippen molar-refractivity contribution in [3.63, 3.8) is 0 Å². The molecular weight excluding hydrogens is 418 g/mol. The maximum atomic E-state index is 12.6. The van der Waals surface area contributed by atoms with Crippen LogP contribution >= 0.6 is 11.6 Å². The number of carbonyl (C=O) groups is 1. The Bertz CT molecular complexity index is 1060. The van der Waals surface area contributed by atoms with E-state index in [1.54, 1.807) is 6.07 Å². The average Bonchev–Trinajstić information content (AvgIpc) is 3.25. The van der Waals surface area contributed by atoms with Crippen LogP contribution in [-0.2, 0) is 6.42 Å². The first-order valence-electron chi connectivity index (χ1n) is 10.3. The molecule has 1 saturated heterocycles. The highest BCUT2D eigenvalue weighted by molar-refractivity contribution is 6.34. The molecule has 162 valence electrons. The van der Waals surface area contributed by atoms with Crippen LogP contribution in [0, 0.1) is 6.92 Å². The first-order valence-corrected chi connectivity index (χ1v) is 10.7. The Hall–Kier alpha value is -3.20. The van der Waals surface area contributed by atoms with Crippen molar-refractivity contribution in [1.29, 1.82) is 0 Å². The van der Waals surface area contributed by atoms with Crippen LogP contribution in [0.1, 0.15) is 48.1 Å². The van der Waals surface area contributed by atoms with Crippen LogP contribution in [0.3, 0.4) is 0 Å². The summed E-state index contributed by atoms with van der Waals surface area (Å²) in [4.78, 5) is 32.3. The molecule has 1 aromatic carbocycles. The third-order valence-corrected chi connectivity index (χ3v) is 5.35. The van der Waals surface area contributed by atoms with Crippen molar-refractivity contribution in [3.8, 4) is 0 Å². The van der Waals surface area contributed by atoms with Gasteiger partial charge in [0, 0.05) is 19.5 Å². The van der Waals surface area contributed by atoms with Gasteiger partial charge in [0.2, 0.25) is 17.7 Å². The van der Waals surface area contributed by atoms with E-state index >= 15 is 0 Å². The minimum Gasteiger partial charge on any atom is -0.418 e. The van der Waals surface area contributed by atoms with E-state index in [-0.39, 0.29) is 11.8 Å². The zero-order valence-corrected chi connectivity index (χ0v) is 18.2. The zero-order chi connectivity index (χ0) is 21.8. The van der Waals surface area contributed by atoms with E-state index in [9.17, 15) is 4.79 Å². The van der Waals surface area contributed by atoms with Crippen LogP contribution in [0.25, 0.3) is 0 Å². The van der Waals surface area contributed by atoms with E-state index < -0.39 is 5.91 Å². The Balaban J connectivity index is 1.50. The van der Waals surface area contributed by atoms with Gasteiger partial charge < -0.3 is 14.6 Å². The third kappa shape index (κ3) is 4.93. The molecule has 9 nitrogen and oxygen atoms in total. The molecule has 0 saturated carbocycles. The summed E-state index contributed by atoms with van der Waals surface area (Å²) in [5, 5.41) is 6.16. The van der Waals surface area contributed by atoms with E-state index in [1.165, 1.54) is 12.6 Å². The maximum Gasteiger partial charge on any atom is 0.302 e. The summed E-state index contributed by atoms with van der Waals surface area (Å²) in [5.41, 5.74) is 1.39. The van der Waals surface area contributed by atoms with Gasteiger partial charge in [-0.15, -0.1) is 0 Å². The van der Waals surface area contributed by atoms with Crippen molar-refractivity contribution in [1.82, 2.24) is 19.9 Å². The van der Waals surface area contributed by atoms with E-state index in [0.717, 1.165) is 31.5 Å². The molecule has 1 aliphatic rings. The summed E-state index contributed by atoms with van der Waals surface area (Å²) in [6.07, 6.45) is 5.49. The fourth-order valence-corrected chi connectivity index (χ4v) is 3.62. The molecule has 1 aliphatic heterocycles. The number of oxazole rings is 1. The van der Waals surface area contributed by atoms with E-state index in [1.807, 2.05) is 26.0 Å². The van der Waals surface area contributed by atoms with Crippen molar-refractivity contribution in [3.05, 3.63) is 46.6 Å². The number of piperidine rings is 1. The van der Waals surface area contributed by atoms with Gasteiger partial charge in [-0.25, -0.2) is 4.98 Å². The van der Waals surface area contributed by atoms with Crippen molar-refractivity contribution in [2.24, 2.45) is 0 Å². The third-order valence-electron chi connectivity index (χ3n) is 5.03. The molecule has 2 N–H and O–H groups in total. The lowest BCUT2D eigenvalue weighted by molar-refractivity contribution is 0.0997. The number of carbonyl (C=O) groups excluding carboxylic acids is 1. The van der Waals surface area contributed by atoms with E-state index in [0.29, 0.717) is 34.9 Å². The van der Waals surface area contributed by atoms with Crippen molar-refractivity contribution in [2.75, 3.05) is 28.6 Å². The van der Waals surface area contributed by atoms with Gasteiger partial charge >= 0.3 is 6.01 Å². The molecule has 31 heavy (non-hydrogen) atoms. The maximum absolute atomic E-state index is 12.6. The van der Waals surface area contributed by atoms with E-state index in [4.69, 9.17) is 16.0 Å². The highest BCUT2D eigenvalue weighted by atomic mass is 35.5. The van der Waals surface area contributed by atoms with Crippen molar-refractivity contribution >= 4 is 41.1 Å². The number of anilines is 4. The lowest BCUT2D eigenvalue weighted by Gasteiger charge is -2.26. The number of nitrogens with one attached hydrogen (secondary N) is 2. The summed E-state index contributed by atoms with van der Waals surface area (Å²) >= 11 is 6.18. The summed E-state index contributed by atoms with van der Waals surface area (Å²) < 4.78 is 5.57. The number of rotatable bonds is 6. The van der Waals surface area contributed by atoms with Crippen LogP contribution < -0.4 is 15.5 Å². The molecule has 0 atom stereocenters. The van der Waals surface area contributed by atoms with E-state index in [2.05, 4.69) is 35.5 Å². The van der Waals surface area contributed by atoms with Gasteiger partial charge in [0.05, 0.1) is 16.9 Å². The molecule has 3 heterocycles. The number of hydrogen-bond donors (Lipinski definition) is 2. The van der Waals surface area contributed by atoms with Gasteiger partial charge in [0.25, 0.3) is 5.91 Å². The topological polar surface area (TPSA) is 109 Å². The molecule has 0 bridgehead atoms. The highest BCUT2D eigenvalue weighted by Crippen LogP contribution is 2.26. The number of benzene rings is 1. The predicted molar refractivity (Wildman–Crippen MR) is 119 cm³/mol. The number of halogens is 1. The molecular formula is C21H24ClN7O2. The van der Waals surface area contributed by atoms with Crippen LogP contribution in [0.2, 0.25) is 5.02 Å². The number of aromatic nitrogens is 4. The number of nitrogens with zero attached hydrogens (tertiary/aromatic N) is 5. The quantitative estimate of drug-likeness (QED) is 0.580. The number of amides is 1. The van der Waals surface area contributed by atoms with Gasteiger partial charge in [-0.05, 0) is 37.8 Å². The largest absolute Gasteiger partial charge is 0.418 e. The fourth-order valence-electron chi connectivity index (χ4n) is 3.35. The van der Waals surface area contributed by atoms with Gasteiger partial charge in [0.15, 0.2) is 0 Å². The minimum atomic E-state index is -0.448. The summed E-state index contributed by atoms with van der Waals surface area (Å²) in [6.45, 7) is 5.71. The number of para-hydroxylation sites is 1. The van der Waals surface area contributed by atoms with Crippen molar-refractivity contribution in [2.45, 2.75) is 39.5 Å². The molecule has 0 aliphatic carbocycles. The van der Waals surface area contributed by atoms with Gasteiger partial charge in [0.1, 0.15) is 5.82 Å². The Morgan fingerprint density at radius 1 is 1.19 bits per heavy atom. The average molecular weight is 442 g/mol. The highest BCUT2D eigenvalue weighted by Gasteiger charge is 2.18. The number of aryl methyl sites for hydroxylation is 2. The van der Waals surface area contributed by atoms with Crippen molar-refractivity contribution < 1.29 is 9.21 Å². The summed E-state index contributed by atoms with van der Waals surface area (Å²) in [5.74, 6) is 1.26. The second-order valence-corrected chi connectivity index (χ2v) is 7.72. The lowest BCUT2D eigenvalue weighted by atomic mass is 10.1. The molecule has 0 spiro atoms. The number of hydrogen-bond acceptors (Lipinski definition) is 8.